The van der Waals surface area contributed by atoms with E-state index >= 15 is 0 Å². The molecule has 1 saturated carbocycles. The van der Waals surface area contributed by atoms with Gasteiger partial charge in [-0.3, -0.25) is 4.79 Å². The zero-order valence-electron chi connectivity index (χ0n) is 11.6. The van der Waals surface area contributed by atoms with Gasteiger partial charge in [-0.1, -0.05) is 13.8 Å². The number of nitrogens with zero attached hydrogens (tertiary/aromatic N) is 1. The minimum Gasteiger partial charge on any atom is -0.346 e. The van der Waals surface area contributed by atoms with Crippen LogP contribution < -0.4 is 5.73 Å². The van der Waals surface area contributed by atoms with E-state index in [-0.39, 0.29) is 0 Å². The molecule has 0 heterocycles. The summed E-state index contributed by atoms with van der Waals surface area (Å²) < 4.78 is 0. The average Bonchev–Trinajstić information content (AvgIpc) is 2.27. The highest BCUT2D eigenvalue weighted by Gasteiger charge is 2.20. The number of rotatable bonds is 5. The molecule has 1 aliphatic carbocycles. The Balaban J connectivity index is 2.19. The fourth-order valence-electron chi connectivity index (χ4n) is 2.64. The molecule has 0 unspecified atom stereocenters. The molecule has 17 heavy (non-hydrogen) atoms. The summed E-state index contributed by atoms with van der Waals surface area (Å²) in [6.07, 6.45) is 6.46. The molecule has 0 aliphatic heterocycles. The van der Waals surface area contributed by atoms with Crippen LogP contribution in [0.3, 0.4) is 0 Å². The first kappa shape index (κ1) is 14.5. The molecule has 0 bridgehead atoms. The van der Waals surface area contributed by atoms with Gasteiger partial charge in [0.2, 0.25) is 5.91 Å². The van der Waals surface area contributed by atoms with Gasteiger partial charge in [0.05, 0.1) is 0 Å². The van der Waals surface area contributed by atoms with Gasteiger partial charge in [-0.05, 0) is 43.9 Å². The maximum absolute atomic E-state index is 11.9. The highest BCUT2D eigenvalue weighted by molar-refractivity contribution is 5.75. The third kappa shape index (κ3) is 5.53. The van der Waals surface area contributed by atoms with Crippen LogP contribution in [0.2, 0.25) is 0 Å². The molecule has 0 aromatic heterocycles. The van der Waals surface area contributed by atoms with Crippen molar-refractivity contribution >= 4 is 5.91 Å². The van der Waals surface area contributed by atoms with Crippen LogP contribution >= 0.6 is 0 Å². The SMILES string of the molecule is CC(C)CN(C)C(=O)CCC1CCC(N)CC1. The van der Waals surface area contributed by atoms with Gasteiger partial charge in [-0.2, -0.15) is 0 Å². The van der Waals surface area contributed by atoms with Crippen molar-refractivity contribution in [1.82, 2.24) is 4.90 Å². The first-order valence-corrected chi connectivity index (χ1v) is 6.98. The van der Waals surface area contributed by atoms with E-state index in [1.54, 1.807) is 0 Å². The Morgan fingerprint density at radius 2 is 1.88 bits per heavy atom. The van der Waals surface area contributed by atoms with Crippen molar-refractivity contribution in [3.63, 3.8) is 0 Å². The van der Waals surface area contributed by atoms with E-state index in [1.165, 1.54) is 12.8 Å². The normalized spacial score (nSPS) is 25.0. The highest BCUT2D eigenvalue weighted by atomic mass is 16.2. The van der Waals surface area contributed by atoms with E-state index in [2.05, 4.69) is 13.8 Å². The van der Waals surface area contributed by atoms with Crippen LogP contribution in [0, 0.1) is 11.8 Å². The zero-order chi connectivity index (χ0) is 12.8. The third-order valence-electron chi connectivity index (χ3n) is 3.72. The largest absolute Gasteiger partial charge is 0.346 e. The first-order valence-electron chi connectivity index (χ1n) is 6.98. The molecular formula is C14H28N2O. The van der Waals surface area contributed by atoms with Gasteiger partial charge in [0.25, 0.3) is 0 Å². The Hall–Kier alpha value is -0.570. The molecule has 1 amide bonds. The summed E-state index contributed by atoms with van der Waals surface area (Å²) in [4.78, 5) is 13.8. The quantitative estimate of drug-likeness (QED) is 0.802. The van der Waals surface area contributed by atoms with Gasteiger partial charge in [0, 0.05) is 26.1 Å². The first-order chi connectivity index (χ1) is 7.99. The Bertz CT molecular complexity index is 232. The van der Waals surface area contributed by atoms with Crippen LogP contribution in [-0.4, -0.2) is 30.4 Å². The van der Waals surface area contributed by atoms with E-state index in [1.807, 2.05) is 11.9 Å². The maximum atomic E-state index is 11.9. The summed E-state index contributed by atoms with van der Waals surface area (Å²) >= 11 is 0. The Kier molecular flexibility index (Phi) is 5.96. The van der Waals surface area contributed by atoms with Crippen molar-refractivity contribution in [2.75, 3.05) is 13.6 Å². The van der Waals surface area contributed by atoms with Crippen molar-refractivity contribution in [2.24, 2.45) is 17.6 Å². The standard InChI is InChI=1S/C14H28N2O/c1-11(2)10-16(3)14(17)9-6-12-4-7-13(15)8-5-12/h11-13H,4-10,15H2,1-3H3. The molecule has 0 atom stereocenters. The summed E-state index contributed by atoms with van der Waals surface area (Å²) in [6.45, 7) is 5.16. The summed E-state index contributed by atoms with van der Waals surface area (Å²) in [5.74, 6) is 1.58. The fourth-order valence-corrected chi connectivity index (χ4v) is 2.64. The van der Waals surface area contributed by atoms with Crippen molar-refractivity contribution in [1.29, 1.82) is 0 Å². The van der Waals surface area contributed by atoms with Crippen LogP contribution in [0.15, 0.2) is 0 Å². The van der Waals surface area contributed by atoms with Crippen molar-refractivity contribution in [2.45, 2.75) is 58.4 Å². The highest BCUT2D eigenvalue weighted by Crippen LogP contribution is 2.27. The van der Waals surface area contributed by atoms with Crippen LogP contribution in [0.4, 0.5) is 0 Å². The number of amides is 1. The Labute approximate surface area is 106 Å². The minimum atomic E-state index is 0.300. The number of hydrogen-bond donors (Lipinski definition) is 1. The van der Waals surface area contributed by atoms with Crippen molar-refractivity contribution < 1.29 is 4.79 Å². The lowest BCUT2D eigenvalue weighted by molar-refractivity contribution is -0.130. The molecule has 0 spiro atoms. The lowest BCUT2D eigenvalue weighted by Crippen LogP contribution is -2.31. The zero-order valence-corrected chi connectivity index (χ0v) is 11.6. The van der Waals surface area contributed by atoms with Gasteiger partial charge < -0.3 is 10.6 Å². The van der Waals surface area contributed by atoms with Crippen LogP contribution in [0.25, 0.3) is 0 Å². The maximum Gasteiger partial charge on any atom is 0.222 e. The van der Waals surface area contributed by atoms with Gasteiger partial charge in [0.1, 0.15) is 0 Å². The second-order valence-corrected chi connectivity index (χ2v) is 5.99. The predicted octanol–water partition coefficient (Wildman–Crippen LogP) is 2.40. The molecule has 0 aromatic carbocycles. The lowest BCUT2D eigenvalue weighted by atomic mass is 9.84. The van der Waals surface area contributed by atoms with Gasteiger partial charge in [-0.25, -0.2) is 0 Å². The molecular weight excluding hydrogens is 212 g/mol. The van der Waals surface area contributed by atoms with E-state index < -0.39 is 0 Å². The van der Waals surface area contributed by atoms with Crippen molar-refractivity contribution in [3.8, 4) is 0 Å². The fraction of sp³-hybridized carbons (Fsp3) is 0.929. The molecule has 0 aromatic rings. The number of carbonyl (C=O) groups excluding carboxylic acids is 1. The second kappa shape index (κ2) is 7.00. The topological polar surface area (TPSA) is 46.3 Å². The van der Waals surface area contributed by atoms with E-state index in [0.29, 0.717) is 24.3 Å². The minimum absolute atomic E-state index is 0.300. The molecule has 1 rings (SSSR count). The molecule has 2 N–H and O–H groups in total. The van der Waals surface area contributed by atoms with Gasteiger partial charge in [0.15, 0.2) is 0 Å². The van der Waals surface area contributed by atoms with Crippen LogP contribution in [0.5, 0.6) is 0 Å². The molecule has 0 saturated heterocycles. The Morgan fingerprint density at radius 3 is 2.41 bits per heavy atom. The smallest absolute Gasteiger partial charge is 0.222 e. The molecule has 3 heteroatoms. The van der Waals surface area contributed by atoms with E-state index in [9.17, 15) is 4.79 Å². The van der Waals surface area contributed by atoms with E-state index in [4.69, 9.17) is 5.73 Å². The molecule has 1 aliphatic rings. The summed E-state index contributed by atoms with van der Waals surface area (Å²) in [7, 11) is 1.92. The predicted molar refractivity (Wildman–Crippen MR) is 71.6 cm³/mol. The van der Waals surface area contributed by atoms with Crippen LogP contribution in [-0.2, 0) is 4.79 Å². The lowest BCUT2D eigenvalue weighted by Gasteiger charge is -2.26. The summed E-state index contributed by atoms with van der Waals surface area (Å²) in [5, 5.41) is 0. The van der Waals surface area contributed by atoms with Crippen LogP contribution in [0.1, 0.15) is 52.4 Å². The molecule has 0 radical (unpaired) electrons. The number of nitrogens with two attached hydrogens (primary N) is 1. The number of hydrogen-bond acceptors (Lipinski definition) is 2. The molecule has 3 nitrogen and oxygen atoms in total. The van der Waals surface area contributed by atoms with Gasteiger partial charge in [-0.15, -0.1) is 0 Å². The average molecular weight is 240 g/mol. The summed E-state index contributed by atoms with van der Waals surface area (Å²) in [5.41, 5.74) is 5.88. The summed E-state index contributed by atoms with van der Waals surface area (Å²) in [6, 6.07) is 0.408. The van der Waals surface area contributed by atoms with E-state index in [0.717, 1.165) is 31.7 Å². The molecule has 100 valence electrons. The molecule has 1 fully saturated rings. The monoisotopic (exact) mass is 240 g/mol. The van der Waals surface area contributed by atoms with Gasteiger partial charge >= 0.3 is 0 Å². The number of carbonyl (C=O) groups is 1. The third-order valence-corrected chi connectivity index (χ3v) is 3.72. The van der Waals surface area contributed by atoms with Crippen molar-refractivity contribution in [3.05, 3.63) is 0 Å². The Morgan fingerprint density at radius 1 is 1.29 bits per heavy atom. The second-order valence-electron chi connectivity index (χ2n) is 5.99.